The molecule has 0 aromatic rings. The van der Waals surface area contributed by atoms with E-state index in [4.69, 9.17) is 9.47 Å². The lowest BCUT2D eigenvalue weighted by atomic mass is 10.2. The summed E-state index contributed by atoms with van der Waals surface area (Å²) in [6.45, 7) is 6.03. The fourth-order valence-electron chi connectivity index (χ4n) is 2.10. The molecule has 0 radical (unpaired) electrons. The lowest BCUT2D eigenvalue weighted by molar-refractivity contribution is -0.131. The second-order valence-electron chi connectivity index (χ2n) is 4.76. The molecule has 0 spiro atoms. The first-order chi connectivity index (χ1) is 8.08. The van der Waals surface area contributed by atoms with Crippen molar-refractivity contribution in [3.05, 3.63) is 0 Å². The molecule has 1 amide bonds. The van der Waals surface area contributed by atoms with Gasteiger partial charge >= 0.3 is 0 Å². The Bertz CT molecular complexity index is 246. The highest BCUT2D eigenvalue weighted by atomic mass is 16.5. The molecule has 1 aliphatic heterocycles. The number of carbonyl (C=O) groups is 1. The van der Waals surface area contributed by atoms with E-state index in [1.807, 2.05) is 4.90 Å². The summed E-state index contributed by atoms with van der Waals surface area (Å²) in [5.41, 5.74) is 0. The van der Waals surface area contributed by atoms with E-state index in [1.165, 1.54) is 0 Å². The third kappa shape index (κ3) is 4.26. The molecule has 5 nitrogen and oxygen atoms in total. The van der Waals surface area contributed by atoms with E-state index in [0.29, 0.717) is 19.2 Å². The minimum absolute atomic E-state index is 0.0324. The van der Waals surface area contributed by atoms with Crippen molar-refractivity contribution in [1.82, 2.24) is 10.2 Å². The van der Waals surface area contributed by atoms with Crippen LogP contribution >= 0.6 is 0 Å². The van der Waals surface area contributed by atoms with E-state index in [1.54, 1.807) is 14.2 Å². The minimum atomic E-state index is -0.0400. The van der Waals surface area contributed by atoms with Crippen molar-refractivity contribution >= 4 is 5.91 Å². The number of rotatable bonds is 7. The van der Waals surface area contributed by atoms with Gasteiger partial charge in [-0.25, -0.2) is 0 Å². The molecule has 0 aromatic carbocycles. The van der Waals surface area contributed by atoms with Crippen molar-refractivity contribution in [1.29, 1.82) is 0 Å². The van der Waals surface area contributed by atoms with Crippen LogP contribution in [-0.2, 0) is 14.3 Å². The molecule has 1 saturated heterocycles. The van der Waals surface area contributed by atoms with Crippen LogP contribution in [0.2, 0.25) is 0 Å². The van der Waals surface area contributed by atoms with Crippen molar-refractivity contribution in [3.63, 3.8) is 0 Å². The largest absolute Gasteiger partial charge is 0.382 e. The fraction of sp³-hybridized carbons (Fsp3) is 0.917. The van der Waals surface area contributed by atoms with Crippen LogP contribution in [0.1, 0.15) is 20.3 Å². The monoisotopic (exact) mass is 244 g/mol. The Labute approximate surface area is 103 Å². The Balaban J connectivity index is 2.43. The van der Waals surface area contributed by atoms with Gasteiger partial charge in [0.2, 0.25) is 5.91 Å². The Hall–Kier alpha value is -0.650. The molecule has 0 aromatic heterocycles. The Kier molecular flexibility index (Phi) is 5.88. The minimum Gasteiger partial charge on any atom is -0.382 e. The molecule has 1 rings (SSSR count). The molecule has 5 heteroatoms. The number of likely N-dealkylation sites (tertiary alicyclic amines) is 1. The predicted octanol–water partition coefficient (Wildman–Crippen LogP) is 0.247. The van der Waals surface area contributed by atoms with Crippen molar-refractivity contribution in [2.45, 2.75) is 38.5 Å². The van der Waals surface area contributed by atoms with Crippen LogP contribution in [0, 0.1) is 0 Å². The van der Waals surface area contributed by atoms with Crippen LogP contribution in [0.15, 0.2) is 0 Å². The summed E-state index contributed by atoms with van der Waals surface area (Å²) in [6, 6.07) is 0.302. The van der Waals surface area contributed by atoms with Crippen LogP contribution in [0.3, 0.4) is 0 Å². The number of amides is 1. The van der Waals surface area contributed by atoms with Crippen LogP contribution in [0.25, 0.3) is 0 Å². The zero-order valence-electron chi connectivity index (χ0n) is 11.2. The smallest absolute Gasteiger partial charge is 0.239 e. The summed E-state index contributed by atoms with van der Waals surface area (Å²) in [6.07, 6.45) is 0.835. The van der Waals surface area contributed by atoms with E-state index in [0.717, 1.165) is 13.0 Å². The van der Waals surface area contributed by atoms with E-state index in [9.17, 15) is 4.79 Å². The van der Waals surface area contributed by atoms with E-state index >= 15 is 0 Å². The summed E-state index contributed by atoms with van der Waals surface area (Å²) in [4.78, 5) is 13.9. The molecule has 0 saturated carbocycles. The second kappa shape index (κ2) is 6.93. The molecule has 17 heavy (non-hydrogen) atoms. The SMILES string of the molecule is COCC(CN1CCC(NC(C)C)C1=O)OC. The molecule has 0 bridgehead atoms. The Morgan fingerprint density at radius 3 is 2.71 bits per heavy atom. The number of carbonyl (C=O) groups excluding carboxylic acids is 1. The van der Waals surface area contributed by atoms with Gasteiger partial charge in [0.05, 0.1) is 18.8 Å². The summed E-state index contributed by atoms with van der Waals surface area (Å²) in [5, 5.41) is 3.28. The molecule has 2 unspecified atom stereocenters. The number of nitrogens with one attached hydrogen (secondary N) is 1. The zero-order chi connectivity index (χ0) is 12.8. The topological polar surface area (TPSA) is 50.8 Å². The van der Waals surface area contributed by atoms with Crippen molar-refractivity contribution in [2.75, 3.05) is 33.9 Å². The number of ether oxygens (including phenoxy) is 2. The van der Waals surface area contributed by atoms with E-state index in [2.05, 4.69) is 19.2 Å². The van der Waals surface area contributed by atoms with Crippen LogP contribution in [0.4, 0.5) is 0 Å². The van der Waals surface area contributed by atoms with Gasteiger partial charge in [-0.2, -0.15) is 0 Å². The van der Waals surface area contributed by atoms with E-state index < -0.39 is 0 Å². The predicted molar refractivity (Wildman–Crippen MR) is 65.9 cm³/mol. The molecule has 1 N–H and O–H groups in total. The van der Waals surface area contributed by atoms with Gasteiger partial charge in [0.25, 0.3) is 0 Å². The standard InChI is InChI=1S/C12H24N2O3/c1-9(2)13-11-5-6-14(12(11)15)7-10(17-4)8-16-3/h9-11,13H,5-8H2,1-4H3. The normalized spacial score (nSPS) is 22.5. The van der Waals surface area contributed by atoms with Gasteiger partial charge in [0.15, 0.2) is 0 Å². The van der Waals surface area contributed by atoms with Gasteiger partial charge in [-0.1, -0.05) is 13.8 Å². The maximum Gasteiger partial charge on any atom is 0.239 e. The first kappa shape index (κ1) is 14.4. The van der Waals surface area contributed by atoms with Crippen LogP contribution in [-0.4, -0.2) is 62.9 Å². The van der Waals surface area contributed by atoms with Gasteiger partial charge in [0, 0.05) is 33.4 Å². The molecule has 0 aliphatic carbocycles. The lowest BCUT2D eigenvalue weighted by Crippen LogP contribution is -2.44. The average Bonchev–Trinajstić information content (AvgIpc) is 2.60. The molecule has 2 atom stereocenters. The first-order valence-electron chi connectivity index (χ1n) is 6.15. The van der Waals surface area contributed by atoms with Gasteiger partial charge in [0.1, 0.15) is 0 Å². The summed E-state index contributed by atoms with van der Waals surface area (Å²) < 4.78 is 10.3. The third-order valence-corrected chi connectivity index (χ3v) is 2.94. The van der Waals surface area contributed by atoms with E-state index in [-0.39, 0.29) is 18.1 Å². The third-order valence-electron chi connectivity index (χ3n) is 2.94. The van der Waals surface area contributed by atoms with Crippen molar-refractivity contribution in [3.8, 4) is 0 Å². The highest BCUT2D eigenvalue weighted by molar-refractivity contribution is 5.84. The number of hydrogen-bond acceptors (Lipinski definition) is 4. The molecule has 1 fully saturated rings. The van der Waals surface area contributed by atoms with Gasteiger partial charge < -0.3 is 19.7 Å². The average molecular weight is 244 g/mol. The summed E-state index contributed by atoms with van der Waals surface area (Å²) in [7, 11) is 3.29. The highest BCUT2D eigenvalue weighted by Crippen LogP contribution is 2.13. The lowest BCUT2D eigenvalue weighted by Gasteiger charge is -2.23. The van der Waals surface area contributed by atoms with Crippen molar-refractivity contribution < 1.29 is 14.3 Å². The Morgan fingerprint density at radius 1 is 1.47 bits per heavy atom. The number of methoxy groups -OCH3 is 2. The first-order valence-corrected chi connectivity index (χ1v) is 6.15. The highest BCUT2D eigenvalue weighted by Gasteiger charge is 2.32. The molecule has 1 aliphatic rings. The second-order valence-corrected chi connectivity index (χ2v) is 4.76. The van der Waals surface area contributed by atoms with Gasteiger partial charge in [-0.05, 0) is 6.42 Å². The maximum absolute atomic E-state index is 12.1. The fourth-order valence-corrected chi connectivity index (χ4v) is 2.10. The summed E-state index contributed by atoms with van der Waals surface area (Å²) >= 11 is 0. The van der Waals surface area contributed by atoms with Gasteiger partial charge in [-0.3, -0.25) is 4.79 Å². The molecule has 100 valence electrons. The van der Waals surface area contributed by atoms with Crippen LogP contribution < -0.4 is 5.32 Å². The number of nitrogens with zero attached hydrogens (tertiary/aromatic N) is 1. The number of hydrogen-bond donors (Lipinski definition) is 1. The quantitative estimate of drug-likeness (QED) is 0.697. The molecular weight excluding hydrogens is 220 g/mol. The van der Waals surface area contributed by atoms with Gasteiger partial charge in [-0.15, -0.1) is 0 Å². The summed E-state index contributed by atoms with van der Waals surface area (Å²) in [5.74, 6) is 0.178. The maximum atomic E-state index is 12.1. The molecular formula is C12H24N2O3. The van der Waals surface area contributed by atoms with Crippen LogP contribution in [0.5, 0.6) is 0 Å². The Morgan fingerprint density at radius 2 is 2.18 bits per heavy atom. The molecule has 1 heterocycles. The zero-order valence-corrected chi connectivity index (χ0v) is 11.2. The van der Waals surface area contributed by atoms with Crippen molar-refractivity contribution in [2.24, 2.45) is 0 Å².